The van der Waals surface area contributed by atoms with Gasteiger partial charge in [0.1, 0.15) is 12.7 Å². The third-order valence-electron chi connectivity index (χ3n) is 4.06. The molecule has 1 N–H and O–H groups in total. The second-order valence-corrected chi connectivity index (χ2v) is 5.56. The van der Waals surface area contributed by atoms with Crippen molar-refractivity contribution in [2.75, 3.05) is 39.3 Å². The first-order valence-corrected chi connectivity index (χ1v) is 7.27. The summed E-state index contributed by atoms with van der Waals surface area (Å²) in [6.07, 6.45) is 6.21. The predicted molar refractivity (Wildman–Crippen MR) is 79.0 cm³/mol. The maximum absolute atomic E-state index is 5.83. The topological polar surface area (TPSA) is 55.2 Å². The Bertz CT molecular complexity index is 369. The molecule has 1 aromatic rings. The molecule has 1 unspecified atom stereocenters. The Morgan fingerprint density at radius 3 is 2.85 bits per heavy atom. The molecule has 0 amide bonds. The molecule has 0 aromatic carbocycles. The van der Waals surface area contributed by atoms with E-state index >= 15 is 0 Å². The zero-order chi connectivity index (χ0) is 12.9. The van der Waals surface area contributed by atoms with E-state index in [0.717, 1.165) is 32.2 Å². The monoisotopic (exact) mass is 301 g/mol. The number of nitrogens with zero attached hydrogens (tertiary/aromatic N) is 4. The van der Waals surface area contributed by atoms with E-state index in [0.29, 0.717) is 0 Å². The lowest BCUT2D eigenvalue weighted by Gasteiger charge is -2.36. The summed E-state index contributed by atoms with van der Waals surface area (Å²) in [6, 6.07) is 0. The summed E-state index contributed by atoms with van der Waals surface area (Å²) in [6.45, 7) is 7.31. The molecule has 20 heavy (non-hydrogen) atoms. The molecular weight excluding hydrogens is 278 g/mol. The van der Waals surface area contributed by atoms with Gasteiger partial charge in [-0.15, -0.1) is 12.4 Å². The van der Waals surface area contributed by atoms with E-state index in [4.69, 9.17) is 4.74 Å². The Morgan fingerprint density at radius 2 is 2.10 bits per heavy atom. The third-order valence-corrected chi connectivity index (χ3v) is 4.06. The Balaban J connectivity index is 0.00000147. The van der Waals surface area contributed by atoms with Gasteiger partial charge in [0.15, 0.2) is 0 Å². The summed E-state index contributed by atoms with van der Waals surface area (Å²) >= 11 is 0. The molecule has 1 aromatic heterocycles. The zero-order valence-corrected chi connectivity index (χ0v) is 12.6. The van der Waals surface area contributed by atoms with Crippen molar-refractivity contribution in [3.8, 4) is 0 Å². The van der Waals surface area contributed by atoms with Gasteiger partial charge in [-0.1, -0.05) is 0 Å². The molecule has 7 heteroatoms. The lowest BCUT2D eigenvalue weighted by Crippen LogP contribution is -2.47. The van der Waals surface area contributed by atoms with Crippen LogP contribution in [0, 0.1) is 5.92 Å². The van der Waals surface area contributed by atoms with Crippen LogP contribution in [0.15, 0.2) is 12.7 Å². The van der Waals surface area contributed by atoms with Crippen molar-refractivity contribution >= 4 is 12.4 Å². The summed E-state index contributed by atoms with van der Waals surface area (Å²) in [7, 11) is 0. The van der Waals surface area contributed by atoms with Gasteiger partial charge >= 0.3 is 0 Å². The molecule has 2 aliphatic rings. The SMILES string of the molecule is Cl.c1ncn(CC2CN(CC3CCNCC3)CCO2)n1. The van der Waals surface area contributed by atoms with Crippen LogP contribution in [-0.4, -0.2) is 65.1 Å². The minimum Gasteiger partial charge on any atom is -0.374 e. The largest absolute Gasteiger partial charge is 0.374 e. The van der Waals surface area contributed by atoms with Crippen molar-refractivity contribution < 1.29 is 4.74 Å². The van der Waals surface area contributed by atoms with Crippen molar-refractivity contribution in [2.24, 2.45) is 5.92 Å². The normalized spacial score (nSPS) is 25.3. The van der Waals surface area contributed by atoms with Crippen LogP contribution in [-0.2, 0) is 11.3 Å². The Hall–Kier alpha value is -0.690. The van der Waals surface area contributed by atoms with Crippen LogP contribution in [0.3, 0.4) is 0 Å². The number of rotatable bonds is 4. The van der Waals surface area contributed by atoms with Crippen molar-refractivity contribution in [1.82, 2.24) is 25.0 Å². The quantitative estimate of drug-likeness (QED) is 0.872. The van der Waals surface area contributed by atoms with Gasteiger partial charge in [-0.3, -0.25) is 9.58 Å². The molecule has 2 saturated heterocycles. The molecule has 114 valence electrons. The molecule has 0 radical (unpaired) electrons. The van der Waals surface area contributed by atoms with Gasteiger partial charge in [-0.25, -0.2) is 4.98 Å². The van der Waals surface area contributed by atoms with E-state index < -0.39 is 0 Å². The first kappa shape index (κ1) is 15.7. The fraction of sp³-hybridized carbons (Fsp3) is 0.846. The van der Waals surface area contributed by atoms with Crippen molar-refractivity contribution in [2.45, 2.75) is 25.5 Å². The van der Waals surface area contributed by atoms with Gasteiger partial charge in [-0.05, 0) is 31.8 Å². The van der Waals surface area contributed by atoms with Crippen LogP contribution >= 0.6 is 12.4 Å². The molecule has 3 rings (SSSR count). The van der Waals surface area contributed by atoms with Gasteiger partial charge < -0.3 is 10.1 Å². The van der Waals surface area contributed by atoms with E-state index in [1.807, 2.05) is 4.68 Å². The number of piperidine rings is 1. The number of nitrogens with one attached hydrogen (secondary N) is 1. The smallest absolute Gasteiger partial charge is 0.137 e. The lowest BCUT2D eigenvalue weighted by molar-refractivity contribution is -0.0426. The van der Waals surface area contributed by atoms with Crippen LogP contribution in [0.4, 0.5) is 0 Å². The Labute approximate surface area is 126 Å². The van der Waals surface area contributed by atoms with Crippen LogP contribution in [0.5, 0.6) is 0 Å². The number of halogens is 1. The zero-order valence-electron chi connectivity index (χ0n) is 11.8. The highest BCUT2D eigenvalue weighted by molar-refractivity contribution is 5.85. The Kier molecular flexibility index (Phi) is 6.22. The number of ether oxygens (including phenoxy) is 1. The van der Waals surface area contributed by atoms with Crippen molar-refractivity contribution in [1.29, 1.82) is 0 Å². The molecule has 3 heterocycles. The summed E-state index contributed by atoms with van der Waals surface area (Å²) in [5.41, 5.74) is 0. The number of morpholine rings is 1. The molecular formula is C13H24ClN5O. The molecule has 0 bridgehead atoms. The molecule has 0 saturated carbocycles. The molecule has 0 spiro atoms. The third kappa shape index (κ3) is 4.41. The molecule has 2 aliphatic heterocycles. The molecule has 0 aliphatic carbocycles. The van der Waals surface area contributed by atoms with E-state index in [-0.39, 0.29) is 18.5 Å². The highest BCUT2D eigenvalue weighted by atomic mass is 35.5. The van der Waals surface area contributed by atoms with Crippen LogP contribution in [0.2, 0.25) is 0 Å². The van der Waals surface area contributed by atoms with E-state index in [1.165, 1.54) is 32.5 Å². The fourth-order valence-corrected chi connectivity index (χ4v) is 3.02. The molecule has 2 fully saturated rings. The van der Waals surface area contributed by atoms with Gasteiger partial charge in [0.2, 0.25) is 0 Å². The minimum absolute atomic E-state index is 0. The van der Waals surface area contributed by atoms with E-state index in [1.54, 1.807) is 12.7 Å². The van der Waals surface area contributed by atoms with Crippen LogP contribution in [0.25, 0.3) is 0 Å². The van der Waals surface area contributed by atoms with Crippen molar-refractivity contribution in [3.05, 3.63) is 12.7 Å². The van der Waals surface area contributed by atoms with Gasteiger partial charge in [0.25, 0.3) is 0 Å². The maximum atomic E-state index is 5.83. The first-order chi connectivity index (χ1) is 9.40. The first-order valence-electron chi connectivity index (χ1n) is 7.27. The second kappa shape index (κ2) is 7.93. The fourth-order valence-electron chi connectivity index (χ4n) is 3.02. The highest BCUT2D eigenvalue weighted by Crippen LogP contribution is 2.16. The predicted octanol–water partition coefficient (Wildman–Crippen LogP) is 0.400. The average Bonchev–Trinajstić information content (AvgIpc) is 2.93. The van der Waals surface area contributed by atoms with E-state index in [2.05, 4.69) is 20.3 Å². The van der Waals surface area contributed by atoms with Crippen LogP contribution < -0.4 is 5.32 Å². The summed E-state index contributed by atoms with van der Waals surface area (Å²) in [5.74, 6) is 0.853. The van der Waals surface area contributed by atoms with E-state index in [9.17, 15) is 0 Å². The van der Waals surface area contributed by atoms with Gasteiger partial charge in [-0.2, -0.15) is 5.10 Å². The van der Waals surface area contributed by atoms with Crippen LogP contribution in [0.1, 0.15) is 12.8 Å². The van der Waals surface area contributed by atoms with Gasteiger partial charge in [0, 0.05) is 19.6 Å². The lowest BCUT2D eigenvalue weighted by atomic mass is 9.97. The van der Waals surface area contributed by atoms with Gasteiger partial charge in [0.05, 0.1) is 19.3 Å². The summed E-state index contributed by atoms with van der Waals surface area (Å²) in [4.78, 5) is 6.53. The highest BCUT2D eigenvalue weighted by Gasteiger charge is 2.24. The number of aromatic nitrogens is 3. The molecule has 6 nitrogen and oxygen atoms in total. The standard InChI is InChI=1S/C13H23N5O.ClH/c1-3-14-4-2-12(1)7-17-5-6-19-13(8-17)9-18-11-15-10-16-18;/h10-14H,1-9H2;1H. The Morgan fingerprint density at radius 1 is 1.25 bits per heavy atom. The minimum atomic E-state index is 0. The maximum Gasteiger partial charge on any atom is 0.137 e. The number of hydrogen-bond acceptors (Lipinski definition) is 5. The van der Waals surface area contributed by atoms with Crippen molar-refractivity contribution in [3.63, 3.8) is 0 Å². The summed E-state index contributed by atoms with van der Waals surface area (Å²) in [5, 5.41) is 7.58. The number of hydrogen-bond donors (Lipinski definition) is 1. The summed E-state index contributed by atoms with van der Waals surface area (Å²) < 4.78 is 7.69. The molecule has 1 atom stereocenters. The second-order valence-electron chi connectivity index (χ2n) is 5.56. The average molecular weight is 302 g/mol.